The molecule has 0 amide bonds. The minimum absolute atomic E-state index is 1.14. The molecule has 74 valence electrons. The van der Waals surface area contributed by atoms with Crippen LogP contribution in [0.5, 0.6) is 0 Å². The van der Waals surface area contributed by atoms with Crippen LogP contribution in [0.2, 0.25) is 0 Å². The highest BCUT2D eigenvalue weighted by atomic mass is 15.1. The summed E-state index contributed by atoms with van der Waals surface area (Å²) in [5, 5.41) is 6.38. The highest BCUT2D eigenvalue weighted by Crippen LogP contribution is 1.96. The van der Waals surface area contributed by atoms with Crippen molar-refractivity contribution < 1.29 is 0 Å². The molecule has 1 N–H and O–H groups in total. The predicted molar refractivity (Wildman–Crippen MR) is 59.1 cm³/mol. The van der Waals surface area contributed by atoms with E-state index in [1.165, 1.54) is 11.1 Å². The molecule has 2 rings (SSSR count). The summed E-state index contributed by atoms with van der Waals surface area (Å²) in [7, 11) is 0. The van der Waals surface area contributed by atoms with Gasteiger partial charge in [0, 0.05) is 6.20 Å². The summed E-state index contributed by atoms with van der Waals surface area (Å²) in [6.07, 6.45) is 4.76. The number of aromatic nitrogens is 2. The zero-order valence-electron chi connectivity index (χ0n) is 8.70. The van der Waals surface area contributed by atoms with Crippen molar-refractivity contribution in [3.63, 3.8) is 0 Å². The number of benzene rings is 1. The summed E-state index contributed by atoms with van der Waals surface area (Å²) in [4.78, 5) is 0. The van der Waals surface area contributed by atoms with Gasteiger partial charge in [0.15, 0.2) is 0 Å². The van der Waals surface area contributed by atoms with Crippen molar-refractivity contribution in [3.05, 3.63) is 53.9 Å². The Labute approximate surface area is 85.0 Å². The lowest BCUT2D eigenvalue weighted by atomic mass is 10.2. The summed E-state index contributed by atoms with van der Waals surface area (Å²) in [5.74, 6) is 0. The molecule has 2 heteroatoms. The molecule has 1 aromatic heterocycles. The van der Waals surface area contributed by atoms with Crippen molar-refractivity contribution in [1.29, 1.82) is 0 Å². The summed E-state index contributed by atoms with van der Waals surface area (Å²) >= 11 is 0. The van der Waals surface area contributed by atoms with Crippen molar-refractivity contribution >= 4 is 0 Å². The molecule has 14 heavy (non-hydrogen) atoms. The van der Waals surface area contributed by atoms with Crippen LogP contribution in [-0.2, 0) is 6.42 Å². The third-order valence-corrected chi connectivity index (χ3v) is 1.89. The van der Waals surface area contributed by atoms with E-state index in [1.54, 1.807) is 6.20 Å². The molecule has 1 heterocycles. The van der Waals surface area contributed by atoms with E-state index >= 15 is 0 Å². The van der Waals surface area contributed by atoms with Gasteiger partial charge in [0.2, 0.25) is 0 Å². The molecule has 2 aromatic rings. The SMILES string of the molecule is CCc1ccccc1.Cc1cn[nH]c1. The third kappa shape index (κ3) is 3.90. The molecule has 0 atom stereocenters. The van der Waals surface area contributed by atoms with Gasteiger partial charge in [-0.2, -0.15) is 5.10 Å². The lowest BCUT2D eigenvalue weighted by molar-refractivity contribution is 1.09. The van der Waals surface area contributed by atoms with Crippen molar-refractivity contribution in [3.8, 4) is 0 Å². The highest BCUT2D eigenvalue weighted by molar-refractivity contribution is 5.13. The summed E-state index contributed by atoms with van der Waals surface area (Å²) in [5.41, 5.74) is 2.59. The van der Waals surface area contributed by atoms with Gasteiger partial charge in [-0.05, 0) is 24.5 Å². The molecule has 0 radical (unpaired) electrons. The molecule has 1 aromatic carbocycles. The number of hydrogen-bond acceptors (Lipinski definition) is 1. The lowest BCUT2D eigenvalue weighted by Gasteiger charge is -1.89. The number of hydrogen-bond donors (Lipinski definition) is 1. The molecule has 0 aliphatic heterocycles. The Morgan fingerprint density at radius 1 is 1.21 bits per heavy atom. The van der Waals surface area contributed by atoms with Crippen LogP contribution in [0, 0.1) is 6.92 Å². The first kappa shape index (κ1) is 10.5. The predicted octanol–water partition coefficient (Wildman–Crippen LogP) is 2.97. The second-order valence-electron chi connectivity index (χ2n) is 3.11. The third-order valence-electron chi connectivity index (χ3n) is 1.89. The fraction of sp³-hybridized carbons (Fsp3) is 0.250. The summed E-state index contributed by atoms with van der Waals surface area (Å²) < 4.78 is 0. The minimum atomic E-state index is 1.14. The standard InChI is InChI=1S/C8H10.C4H6N2/c1-2-8-6-4-3-5-7-8;1-4-2-5-6-3-4/h3-7H,2H2,1H3;2-3H,1H3,(H,5,6). The maximum Gasteiger partial charge on any atom is 0.0516 e. The maximum absolute atomic E-state index is 3.70. The van der Waals surface area contributed by atoms with Gasteiger partial charge in [-0.3, -0.25) is 5.10 Å². The Hall–Kier alpha value is -1.57. The Balaban J connectivity index is 0.000000146. The van der Waals surface area contributed by atoms with E-state index in [2.05, 4.69) is 41.4 Å². The smallest absolute Gasteiger partial charge is 0.0516 e. The molecule has 0 saturated heterocycles. The largest absolute Gasteiger partial charge is 0.285 e. The Morgan fingerprint density at radius 3 is 2.21 bits per heavy atom. The van der Waals surface area contributed by atoms with Crippen LogP contribution in [0.15, 0.2) is 42.7 Å². The van der Waals surface area contributed by atoms with Crippen LogP contribution in [0.3, 0.4) is 0 Å². The Morgan fingerprint density at radius 2 is 1.93 bits per heavy atom. The number of rotatable bonds is 1. The van der Waals surface area contributed by atoms with E-state index in [0.717, 1.165) is 6.42 Å². The van der Waals surface area contributed by atoms with Crippen LogP contribution >= 0.6 is 0 Å². The number of nitrogens with zero attached hydrogens (tertiary/aromatic N) is 1. The van der Waals surface area contributed by atoms with E-state index in [1.807, 2.05) is 19.2 Å². The number of aryl methyl sites for hydroxylation is 2. The van der Waals surface area contributed by atoms with E-state index in [4.69, 9.17) is 0 Å². The monoisotopic (exact) mass is 188 g/mol. The van der Waals surface area contributed by atoms with Crippen LogP contribution < -0.4 is 0 Å². The summed E-state index contributed by atoms with van der Waals surface area (Å²) in [6, 6.07) is 10.5. The van der Waals surface area contributed by atoms with Gasteiger partial charge in [0.05, 0.1) is 6.20 Å². The van der Waals surface area contributed by atoms with E-state index in [0.29, 0.717) is 0 Å². The van der Waals surface area contributed by atoms with Gasteiger partial charge in [0.25, 0.3) is 0 Å². The van der Waals surface area contributed by atoms with E-state index < -0.39 is 0 Å². The molecule has 0 spiro atoms. The van der Waals surface area contributed by atoms with Crippen LogP contribution in [0.25, 0.3) is 0 Å². The first-order chi connectivity index (χ1) is 6.83. The lowest BCUT2D eigenvalue weighted by Crippen LogP contribution is -1.73. The molecular weight excluding hydrogens is 172 g/mol. The second kappa shape index (κ2) is 5.97. The van der Waals surface area contributed by atoms with E-state index in [-0.39, 0.29) is 0 Å². The number of H-pyrrole nitrogens is 1. The zero-order chi connectivity index (χ0) is 10.2. The number of aromatic amines is 1. The van der Waals surface area contributed by atoms with Gasteiger partial charge < -0.3 is 0 Å². The van der Waals surface area contributed by atoms with Crippen LogP contribution in [0.4, 0.5) is 0 Å². The fourth-order valence-electron chi connectivity index (χ4n) is 1.03. The van der Waals surface area contributed by atoms with Crippen molar-refractivity contribution in [2.75, 3.05) is 0 Å². The molecule has 0 fully saturated rings. The van der Waals surface area contributed by atoms with Gasteiger partial charge >= 0.3 is 0 Å². The molecule has 0 aliphatic rings. The zero-order valence-corrected chi connectivity index (χ0v) is 8.70. The van der Waals surface area contributed by atoms with Gasteiger partial charge in [-0.25, -0.2) is 0 Å². The normalized spacial score (nSPS) is 9.00. The fourth-order valence-corrected chi connectivity index (χ4v) is 1.03. The highest BCUT2D eigenvalue weighted by Gasteiger charge is 1.80. The van der Waals surface area contributed by atoms with Crippen molar-refractivity contribution in [2.45, 2.75) is 20.3 Å². The Bertz CT molecular complexity index is 324. The Kier molecular flexibility index (Phi) is 4.48. The van der Waals surface area contributed by atoms with Crippen molar-refractivity contribution in [1.82, 2.24) is 10.2 Å². The molecule has 0 bridgehead atoms. The molecular formula is C12H16N2. The topological polar surface area (TPSA) is 28.7 Å². The maximum atomic E-state index is 3.70. The first-order valence-corrected chi connectivity index (χ1v) is 4.82. The molecule has 2 nitrogen and oxygen atoms in total. The average molecular weight is 188 g/mol. The first-order valence-electron chi connectivity index (χ1n) is 4.82. The molecule has 0 saturated carbocycles. The van der Waals surface area contributed by atoms with Crippen LogP contribution in [-0.4, -0.2) is 10.2 Å². The molecule has 0 unspecified atom stereocenters. The van der Waals surface area contributed by atoms with Crippen molar-refractivity contribution in [2.24, 2.45) is 0 Å². The van der Waals surface area contributed by atoms with Gasteiger partial charge in [-0.15, -0.1) is 0 Å². The van der Waals surface area contributed by atoms with Crippen LogP contribution in [0.1, 0.15) is 18.1 Å². The average Bonchev–Trinajstić information content (AvgIpc) is 2.71. The quantitative estimate of drug-likeness (QED) is 0.732. The molecule has 0 aliphatic carbocycles. The summed E-state index contributed by atoms with van der Waals surface area (Å²) in [6.45, 7) is 4.15. The number of nitrogens with one attached hydrogen (secondary N) is 1. The van der Waals surface area contributed by atoms with Gasteiger partial charge in [0.1, 0.15) is 0 Å². The minimum Gasteiger partial charge on any atom is -0.285 e. The second-order valence-corrected chi connectivity index (χ2v) is 3.11. The van der Waals surface area contributed by atoms with E-state index in [9.17, 15) is 0 Å². The van der Waals surface area contributed by atoms with Gasteiger partial charge in [-0.1, -0.05) is 37.3 Å².